The predicted octanol–water partition coefficient (Wildman–Crippen LogP) is 9.88. The molecule has 4 nitrogen and oxygen atoms in total. The number of rotatable bonds is 6. The van der Waals surface area contributed by atoms with Crippen LogP contribution in [0.3, 0.4) is 0 Å². The molecule has 0 amide bonds. The van der Waals surface area contributed by atoms with E-state index in [1.54, 1.807) is 11.3 Å². The Balaban J connectivity index is 0.000000475. The Morgan fingerprint density at radius 3 is 2.21 bits per heavy atom. The van der Waals surface area contributed by atoms with Crippen LogP contribution in [0.2, 0.25) is 0 Å². The summed E-state index contributed by atoms with van der Waals surface area (Å²) < 4.78 is 1.05. The molecule has 2 aromatic heterocycles. The standard InChI is InChI=1S/C32H25N2S.C5H8O2.Ir/c1-21(2)17-22-13-14-27-25(18-22)15-16-33-30(27)26-19-28(23-9-5-3-6-10-23)31-29(20-26)35-32(34-31)24-11-7-4-8-12-24;1-4(6)3-5(2)7;/h3-16,18-19,21H,17H2,1-2H3;3,6H,1-2H3;/q-1;;/b;4-3-;. The molecule has 0 bridgehead atoms. The first-order valence-corrected chi connectivity index (χ1v) is 14.8. The summed E-state index contributed by atoms with van der Waals surface area (Å²) in [5.41, 5.74) is 7.71. The maximum atomic E-state index is 10.0. The van der Waals surface area contributed by atoms with Gasteiger partial charge in [-0.25, -0.2) is 0 Å². The number of allylic oxidation sites excluding steroid dienone is 2. The van der Waals surface area contributed by atoms with Gasteiger partial charge in [-0.2, -0.15) is 0 Å². The number of thiazole rings is 1. The number of nitrogens with zero attached hydrogens (tertiary/aromatic N) is 2. The molecular formula is C37H33IrN2O2S-. The Bertz CT molecular complexity index is 1880. The number of aliphatic hydroxyl groups is 1. The summed E-state index contributed by atoms with van der Waals surface area (Å²) >= 11 is 1.69. The molecule has 0 spiro atoms. The monoisotopic (exact) mass is 762 g/mol. The van der Waals surface area contributed by atoms with Crippen molar-refractivity contribution >= 4 is 38.1 Å². The molecule has 0 aliphatic heterocycles. The summed E-state index contributed by atoms with van der Waals surface area (Å²) in [6.07, 6.45) is 4.16. The van der Waals surface area contributed by atoms with Gasteiger partial charge in [-0.3, -0.25) is 9.78 Å². The van der Waals surface area contributed by atoms with Gasteiger partial charge in [0.1, 0.15) is 5.01 Å². The molecule has 0 aliphatic carbocycles. The predicted molar refractivity (Wildman–Crippen MR) is 176 cm³/mol. The fourth-order valence-corrected chi connectivity index (χ4v) is 5.96. The van der Waals surface area contributed by atoms with Crippen LogP contribution in [0, 0.1) is 12.0 Å². The van der Waals surface area contributed by atoms with Crippen LogP contribution in [0.1, 0.15) is 33.3 Å². The Labute approximate surface area is 270 Å². The van der Waals surface area contributed by atoms with E-state index in [0.717, 1.165) is 55.0 Å². The van der Waals surface area contributed by atoms with Gasteiger partial charge in [-0.15, -0.1) is 29.0 Å². The summed E-state index contributed by atoms with van der Waals surface area (Å²) in [5, 5.41) is 11.7. The SMILES string of the molecule is CC(=O)/C=C(/C)O.CC(C)Cc1ccc2c(-c3[c-]c4sc(-c5ccccc5)nc4c(-c4ccccc4)c3)nccc2c1.[Ir]. The second-order valence-corrected chi connectivity index (χ2v) is 11.7. The van der Waals surface area contributed by atoms with E-state index in [1.807, 2.05) is 18.3 Å². The molecule has 219 valence electrons. The minimum Gasteiger partial charge on any atom is -0.512 e. The molecular weight excluding hydrogens is 729 g/mol. The van der Waals surface area contributed by atoms with E-state index in [0.29, 0.717) is 5.92 Å². The first-order chi connectivity index (χ1) is 20.3. The number of carbonyl (C=O) groups excluding carboxylic acids is 1. The number of ketones is 1. The summed E-state index contributed by atoms with van der Waals surface area (Å²) in [6, 6.07) is 35.6. The van der Waals surface area contributed by atoms with Gasteiger partial charge >= 0.3 is 0 Å². The number of aromatic nitrogens is 2. The van der Waals surface area contributed by atoms with Gasteiger partial charge in [0.15, 0.2) is 5.78 Å². The molecule has 2 heterocycles. The van der Waals surface area contributed by atoms with Crippen LogP contribution in [0.15, 0.2) is 109 Å². The minimum atomic E-state index is -0.125. The number of carbonyl (C=O) groups is 1. The third-order valence-electron chi connectivity index (χ3n) is 6.66. The Kier molecular flexibility index (Phi) is 10.8. The molecule has 0 saturated carbocycles. The van der Waals surface area contributed by atoms with Crippen molar-refractivity contribution in [3.8, 4) is 33.0 Å². The first-order valence-electron chi connectivity index (χ1n) is 14.0. The van der Waals surface area contributed by atoms with Crippen LogP contribution in [0.5, 0.6) is 0 Å². The maximum absolute atomic E-state index is 10.0. The van der Waals surface area contributed by atoms with Gasteiger partial charge in [-0.1, -0.05) is 98.3 Å². The van der Waals surface area contributed by atoms with Crippen LogP contribution in [-0.4, -0.2) is 20.9 Å². The van der Waals surface area contributed by atoms with E-state index in [2.05, 4.69) is 98.8 Å². The number of hydrogen-bond donors (Lipinski definition) is 1. The van der Waals surface area contributed by atoms with Gasteiger partial charge in [0.05, 0.1) is 5.76 Å². The maximum Gasteiger partial charge on any atom is 0.155 e. The number of aliphatic hydroxyl groups excluding tert-OH is 1. The van der Waals surface area contributed by atoms with Gasteiger partial charge < -0.3 is 10.1 Å². The van der Waals surface area contributed by atoms with Gasteiger partial charge in [0, 0.05) is 43.5 Å². The van der Waals surface area contributed by atoms with E-state index in [1.165, 1.54) is 30.9 Å². The van der Waals surface area contributed by atoms with Crippen molar-refractivity contribution in [3.63, 3.8) is 0 Å². The van der Waals surface area contributed by atoms with Crippen molar-refractivity contribution in [1.82, 2.24) is 9.97 Å². The number of fused-ring (bicyclic) bond motifs is 2. The third-order valence-corrected chi connectivity index (χ3v) is 7.68. The Morgan fingerprint density at radius 2 is 1.60 bits per heavy atom. The average molecular weight is 762 g/mol. The van der Waals surface area contributed by atoms with E-state index >= 15 is 0 Å². The van der Waals surface area contributed by atoms with Crippen molar-refractivity contribution in [2.45, 2.75) is 34.1 Å². The second kappa shape index (κ2) is 14.5. The van der Waals surface area contributed by atoms with Crippen LogP contribution < -0.4 is 0 Å². The Morgan fingerprint density at radius 1 is 0.930 bits per heavy atom. The molecule has 0 fully saturated rings. The fourth-order valence-electron chi connectivity index (χ4n) is 4.96. The zero-order chi connectivity index (χ0) is 29.6. The van der Waals surface area contributed by atoms with Gasteiger partial charge in [0.25, 0.3) is 0 Å². The molecule has 6 heteroatoms. The fraction of sp³-hybridized carbons (Fsp3) is 0.162. The molecule has 43 heavy (non-hydrogen) atoms. The van der Waals surface area contributed by atoms with Crippen molar-refractivity contribution in [2.24, 2.45) is 5.92 Å². The van der Waals surface area contributed by atoms with E-state index < -0.39 is 0 Å². The van der Waals surface area contributed by atoms with Crippen molar-refractivity contribution in [1.29, 1.82) is 0 Å². The normalized spacial score (nSPS) is 11.2. The first kappa shape index (κ1) is 32.0. The van der Waals surface area contributed by atoms with Crippen LogP contribution in [0.25, 0.3) is 53.9 Å². The number of pyridine rings is 1. The molecule has 6 rings (SSSR count). The van der Waals surface area contributed by atoms with E-state index in [9.17, 15) is 4.79 Å². The minimum absolute atomic E-state index is 0. The third kappa shape index (κ3) is 7.91. The summed E-state index contributed by atoms with van der Waals surface area (Å²) in [4.78, 5) is 19.9. The molecule has 1 radical (unpaired) electrons. The quantitative estimate of drug-likeness (QED) is 0.104. The number of benzene rings is 4. The average Bonchev–Trinajstić information content (AvgIpc) is 3.41. The molecule has 4 aromatic carbocycles. The van der Waals surface area contributed by atoms with Gasteiger partial charge in [0.2, 0.25) is 0 Å². The van der Waals surface area contributed by atoms with Crippen molar-refractivity contribution < 1.29 is 30.0 Å². The molecule has 1 N–H and O–H groups in total. The van der Waals surface area contributed by atoms with Crippen molar-refractivity contribution in [3.05, 3.63) is 121 Å². The zero-order valence-corrected chi connectivity index (χ0v) is 27.8. The summed E-state index contributed by atoms with van der Waals surface area (Å²) in [6.45, 7) is 7.37. The zero-order valence-electron chi connectivity index (χ0n) is 24.6. The van der Waals surface area contributed by atoms with Crippen molar-refractivity contribution in [2.75, 3.05) is 0 Å². The molecule has 6 aromatic rings. The molecule has 0 aliphatic rings. The van der Waals surface area contributed by atoms with E-state index in [-0.39, 0.29) is 31.6 Å². The van der Waals surface area contributed by atoms with Gasteiger partial charge in [-0.05, 0) is 64.5 Å². The van der Waals surface area contributed by atoms with Crippen LogP contribution in [0.4, 0.5) is 0 Å². The van der Waals surface area contributed by atoms with Crippen LogP contribution in [-0.2, 0) is 31.3 Å². The number of hydrogen-bond acceptors (Lipinski definition) is 5. The second-order valence-electron chi connectivity index (χ2n) is 10.7. The summed E-state index contributed by atoms with van der Waals surface area (Å²) in [5.74, 6) is 0.565. The largest absolute Gasteiger partial charge is 0.512 e. The topological polar surface area (TPSA) is 63.1 Å². The Hall–Kier alpha value is -3.96. The van der Waals surface area contributed by atoms with Crippen LogP contribution >= 0.6 is 11.3 Å². The summed E-state index contributed by atoms with van der Waals surface area (Å²) in [7, 11) is 0. The molecule has 0 saturated heterocycles. The molecule has 0 unspecified atom stereocenters. The van der Waals surface area contributed by atoms with E-state index in [4.69, 9.17) is 15.1 Å². The smallest absolute Gasteiger partial charge is 0.155 e. The molecule has 0 atom stereocenters.